The molecule has 0 amide bonds. The molecule has 2 rings (SSSR count). The van der Waals surface area contributed by atoms with E-state index in [0.717, 1.165) is 5.56 Å². The van der Waals surface area contributed by atoms with E-state index in [9.17, 15) is 5.11 Å². The van der Waals surface area contributed by atoms with Crippen molar-refractivity contribution in [1.29, 1.82) is 0 Å². The summed E-state index contributed by atoms with van der Waals surface area (Å²) in [5.41, 5.74) is 1.04. The minimum atomic E-state index is -0.332. The van der Waals surface area contributed by atoms with Crippen molar-refractivity contribution < 1.29 is 5.11 Å². The van der Waals surface area contributed by atoms with Gasteiger partial charge in [-0.25, -0.2) is 0 Å². The molecule has 0 radical (unpaired) electrons. The zero-order valence-electron chi connectivity index (χ0n) is 8.28. The Hall–Kier alpha value is -0.380. The van der Waals surface area contributed by atoms with E-state index in [0.29, 0.717) is 12.6 Å². The van der Waals surface area contributed by atoms with Crippen LogP contribution in [0, 0.1) is 0 Å². The average molecular weight is 211 g/mol. The molecule has 0 bridgehead atoms. The highest BCUT2D eigenvalue weighted by atomic mass is 32.1. The van der Waals surface area contributed by atoms with Crippen LogP contribution in [0.3, 0.4) is 0 Å². The molecule has 0 spiro atoms. The number of rotatable bonds is 4. The summed E-state index contributed by atoms with van der Waals surface area (Å²) in [6.07, 6.45) is 4.90. The van der Waals surface area contributed by atoms with Gasteiger partial charge in [-0.2, -0.15) is 11.3 Å². The molecule has 1 saturated carbocycles. The van der Waals surface area contributed by atoms with Crippen molar-refractivity contribution in [3.8, 4) is 0 Å². The standard InChI is InChI=1S/C11H17NOS/c13-11(9-5-6-14-8-9)7-12-10-3-1-2-4-10/h5-6,8,10-13H,1-4,7H2. The maximum atomic E-state index is 9.81. The van der Waals surface area contributed by atoms with Crippen LogP contribution in [-0.2, 0) is 0 Å². The Kier molecular flexibility index (Phi) is 3.56. The Morgan fingerprint density at radius 2 is 2.29 bits per heavy atom. The summed E-state index contributed by atoms with van der Waals surface area (Å²) in [6.45, 7) is 0.696. The van der Waals surface area contributed by atoms with E-state index in [1.807, 2.05) is 16.8 Å². The summed E-state index contributed by atoms with van der Waals surface area (Å²) in [5.74, 6) is 0. The SMILES string of the molecule is OC(CNC1CCCC1)c1ccsc1. The molecule has 0 aromatic carbocycles. The summed E-state index contributed by atoms with van der Waals surface area (Å²) in [4.78, 5) is 0. The van der Waals surface area contributed by atoms with Gasteiger partial charge in [0.25, 0.3) is 0 Å². The van der Waals surface area contributed by atoms with E-state index in [2.05, 4.69) is 5.32 Å². The fraction of sp³-hybridized carbons (Fsp3) is 0.636. The molecule has 3 heteroatoms. The van der Waals surface area contributed by atoms with Gasteiger partial charge in [-0.05, 0) is 35.2 Å². The van der Waals surface area contributed by atoms with Crippen molar-refractivity contribution in [2.24, 2.45) is 0 Å². The second-order valence-electron chi connectivity index (χ2n) is 3.96. The van der Waals surface area contributed by atoms with Gasteiger partial charge in [-0.3, -0.25) is 0 Å². The van der Waals surface area contributed by atoms with Crippen LogP contribution in [-0.4, -0.2) is 17.7 Å². The quantitative estimate of drug-likeness (QED) is 0.801. The number of nitrogens with one attached hydrogen (secondary N) is 1. The number of aliphatic hydroxyl groups excluding tert-OH is 1. The van der Waals surface area contributed by atoms with Gasteiger partial charge < -0.3 is 10.4 Å². The molecule has 1 atom stereocenters. The summed E-state index contributed by atoms with van der Waals surface area (Å²) in [6, 6.07) is 2.63. The minimum Gasteiger partial charge on any atom is -0.387 e. The number of hydrogen-bond acceptors (Lipinski definition) is 3. The molecule has 1 heterocycles. The molecule has 0 aliphatic heterocycles. The second-order valence-corrected chi connectivity index (χ2v) is 4.74. The van der Waals surface area contributed by atoms with E-state index >= 15 is 0 Å². The van der Waals surface area contributed by atoms with Crippen LogP contribution in [0.25, 0.3) is 0 Å². The van der Waals surface area contributed by atoms with Crippen molar-refractivity contribution in [3.05, 3.63) is 22.4 Å². The van der Waals surface area contributed by atoms with E-state index in [-0.39, 0.29) is 6.10 Å². The zero-order chi connectivity index (χ0) is 9.80. The molecule has 1 aliphatic carbocycles. The Balaban J connectivity index is 1.74. The molecule has 1 unspecified atom stereocenters. The lowest BCUT2D eigenvalue weighted by Gasteiger charge is -2.15. The first-order valence-electron chi connectivity index (χ1n) is 5.30. The third kappa shape index (κ3) is 2.56. The molecule has 14 heavy (non-hydrogen) atoms. The van der Waals surface area contributed by atoms with Crippen LogP contribution in [0.2, 0.25) is 0 Å². The second kappa shape index (κ2) is 4.91. The molecule has 1 fully saturated rings. The van der Waals surface area contributed by atoms with Crippen LogP contribution in [0.15, 0.2) is 16.8 Å². The van der Waals surface area contributed by atoms with Crippen molar-refractivity contribution in [2.75, 3.05) is 6.54 Å². The fourth-order valence-corrected chi connectivity index (χ4v) is 2.70. The molecular weight excluding hydrogens is 194 g/mol. The van der Waals surface area contributed by atoms with Gasteiger partial charge in [0.1, 0.15) is 0 Å². The molecule has 78 valence electrons. The van der Waals surface area contributed by atoms with E-state index in [4.69, 9.17) is 0 Å². The highest BCUT2D eigenvalue weighted by Crippen LogP contribution is 2.19. The lowest BCUT2D eigenvalue weighted by Crippen LogP contribution is -2.30. The van der Waals surface area contributed by atoms with Crippen molar-refractivity contribution in [2.45, 2.75) is 37.8 Å². The molecule has 1 aromatic rings. The number of hydrogen-bond donors (Lipinski definition) is 2. The van der Waals surface area contributed by atoms with Crippen molar-refractivity contribution in [1.82, 2.24) is 5.32 Å². The van der Waals surface area contributed by atoms with Gasteiger partial charge in [0.15, 0.2) is 0 Å². The first-order valence-corrected chi connectivity index (χ1v) is 6.24. The summed E-state index contributed by atoms with van der Waals surface area (Å²) in [7, 11) is 0. The highest BCUT2D eigenvalue weighted by molar-refractivity contribution is 7.07. The normalized spacial score (nSPS) is 20.1. The topological polar surface area (TPSA) is 32.3 Å². The maximum absolute atomic E-state index is 9.81. The van der Waals surface area contributed by atoms with Gasteiger partial charge >= 0.3 is 0 Å². The smallest absolute Gasteiger partial charge is 0.0922 e. The molecule has 2 nitrogen and oxygen atoms in total. The Morgan fingerprint density at radius 3 is 2.93 bits per heavy atom. The van der Waals surface area contributed by atoms with Crippen LogP contribution in [0.1, 0.15) is 37.4 Å². The molecule has 2 N–H and O–H groups in total. The number of aliphatic hydroxyl groups is 1. The molecule has 1 aliphatic rings. The predicted octanol–water partition coefficient (Wildman–Crippen LogP) is 2.31. The summed E-state index contributed by atoms with van der Waals surface area (Å²) >= 11 is 1.64. The lowest BCUT2D eigenvalue weighted by atomic mass is 10.2. The lowest BCUT2D eigenvalue weighted by molar-refractivity contribution is 0.170. The first-order chi connectivity index (χ1) is 6.86. The molecule has 0 saturated heterocycles. The van der Waals surface area contributed by atoms with Gasteiger partial charge in [0.05, 0.1) is 6.10 Å². The van der Waals surface area contributed by atoms with Gasteiger partial charge in [0, 0.05) is 12.6 Å². The summed E-state index contributed by atoms with van der Waals surface area (Å²) in [5, 5.41) is 17.3. The van der Waals surface area contributed by atoms with Gasteiger partial charge in [-0.1, -0.05) is 12.8 Å². The van der Waals surface area contributed by atoms with Crippen LogP contribution < -0.4 is 5.32 Å². The third-order valence-corrected chi connectivity index (χ3v) is 3.58. The van der Waals surface area contributed by atoms with E-state index in [1.54, 1.807) is 11.3 Å². The average Bonchev–Trinajstić information content (AvgIpc) is 2.87. The van der Waals surface area contributed by atoms with Crippen LogP contribution >= 0.6 is 11.3 Å². The largest absolute Gasteiger partial charge is 0.387 e. The monoisotopic (exact) mass is 211 g/mol. The van der Waals surface area contributed by atoms with Crippen molar-refractivity contribution >= 4 is 11.3 Å². The van der Waals surface area contributed by atoms with Crippen LogP contribution in [0.4, 0.5) is 0 Å². The molecular formula is C11H17NOS. The molecule has 1 aromatic heterocycles. The van der Waals surface area contributed by atoms with E-state index < -0.39 is 0 Å². The van der Waals surface area contributed by atoms with Crippen LogP contribution in [0.5, 0.6) is 0 Å². The third-order valence-electron chi connectivity index (χ3n) is 2.88. The Labute approximate surface area is 89.0 Å². The Morgan fingerprint density at radius 1 is 1.50 bits per heavy atom. The van der Waals surface area contributed by atoms with Gasteiger partial charge in [-0.15, -0.1) is 0 Å². The van der Waals surface area contributed by atoms with Gasteiger partial charge in [0.2, 0.25) is 0 Å². The zero-order valence-corrected chi connectivity index (χ0v) is 9.09. The Bertz CT molecular complexity index is 254. The summed E-state index contributed by atoms with van der Waals surface area (Å²) < 4.78 is 0. The first kappa shape index (κ1) is 10.1. The van der Waals surface area contributed by atoms with E-state index in [1.165, 1.54) is 25.7 Å². The minimum absolute atomic E-state index is 0.332. The number of thiophene rings is 1. The predicted molar refractivity (Wildman–Crippen MR) is 59.5 cm³/mol. The maximum Gasteiger partial charge on any atom is 0.0922 e. The van der Waals surface area contributed by atoms with Crippen molar-refractivity contribution in [3.63, 3.8) is 0 Å². The fourth-order valence-electron chi connectivity index (χ4n) is 1.99. The highest BCUT2D eigenvalue weighted by Gasteiger charge is 2.16.